The number of ether oxygens (including phenoxy) is 2. The molecular formula is C23H29N3O5. The Bertz CT molecular complexity index is 912. The molecule has 0 bridgehead atoms. The number of rotatable bonds is 12. The normalized spacial score (nSPS) is 11.4. The summed E-state index contributed by atoms with van der Waals surface area (Å²) in [4.78, 5) is 23.8. The number of hydrogen-bond donors (Lipinski definition) is 4. The van der Waals surface area contributed by atoms with Crippen LogP contribution in [0, 0.1) is 5.41 Å². The second-order valence-electron chi connectivity index (χ2n) is 7.14. The van der Waals surface area contributed by atoms with Crippen LogP contribution in [0.2, 0.25) is 0 Å². The predicted molar refractivity (Wildman–Crippen MR) is 118 cm³/mol. The van der Waals surface area contributed by atoms with Gasteiger partial charge in [0.2, 0.25) is 5.91 Å². The van der Waals surface area contributed by atoms with Crippen LogP contribution in [0.4, 0.5) is 0 Å². The lowest BCUT2D eigenvalue weighted by molar-refractivity contribution is -0.137. The highest BCUT2D eigenvalue weighted by Crippen LogP contribution is 2.31. The van der Waals surface area contributed by atoms with Crippen molar-refractivity contribution in [2.75, 3.05) is 14.2 Å². The lowest BCUT2D eigenvalue weighted by Gasteiger charge is -2.20. The second-order valence-corrected chi connectivity index (χ2v) is 7.14. The Labute approximate surface area is 181 Å². The minimum atomic E-state index is -1.02. The zero-order valence-electron chi connectivity index (χ0n) is 17.8. The fourth-order valence-corrected chi connectivity index (χ4v) is 3.25. The summed E-state index contributed by atoms with van der Waals surface area (Å²) >= 11 is 0. The lowest BCUT2D eigenvalue weighted by atomic mass is 10.0. The van der Waals surface area contributed by atoms with Gasteiger partial charge in [-0.3, -0.25) is 15.0 Å². The second kappa shape index (κ2) is 11.6. The van der Waals surface area contributed by atoms with Gasteiger partial charge < -0.3 is 25.6 Å². The number of aliphatic carboxylic acids is 1. The first-order valence-corrected chi connectivity index (χ1v) is 10.0. The smallest absolute Gasteiger partial charge is 0.305 e. The third-order valence-electron chi connectivity index (χ3n) is 4.91. The van der Waals surface area contributed by atoms with Crippen molar-refractivity contribution >= 4 is 17.7 Å². The Morgan fingerprint density at radius 2 is 1.81 bits per heavy atom. The van der Waals surface area contributed by atoms with Gasteiger partial charge in [0.1, 0.15) is 17.3 Å². The van der Waals surface area contributed by atoms with E-state index in [0.717, 1.165) is 18.4 Å². The first kappa shape index (κ1) is 23.7. The molecule has 0 saturated carbocycles. The molecule has 0 spiro atoms. The minimum absolute atomic E-state index is 0.0348. The molecule has 0 aliphatic rings. The van der Waals surface area contributed by atoms with Crippen molar-refractivity contribution < 1.29 is 24.2 Å². The average Bonchev–Trinajstić information content (AvgIpc) is 2.75. The highest BCUT2D eigenvalue weighted by molar-refractivity contribution is 5.94. The number of nitrogens with two attached hydrogens (primary N) is 1. The summed E-state index contributed by atoms with van der Waals surface area (Å²) in [6, 6.07) is 11.8. The largest absolute Gasteiger partial charge is 0.497 e. The summed E-state index contributed by atoms with van der Waals surface area (Å²) in [7, 11) is 3.02. The van der Waals surface area contributed by atoms with E-state index in [1.807, 2.05) is 24.3 Å². The van der Waals surface area contributed by atoms with Crippen molar-refractivity contribution in [3.05, 3.63) is 59.2 Å². The minimum Gasteiger partial charge on any atom is -0.497 e. The number of hydrogen-bond acceptors (Lipinski definition) is 5. The number of nitrogens with one attached hydrogen (secondary N) is 2. The van der Waals surface area contributed by atoms with Gasteiger partial charge in [0.25, 0.3) is 0 Å². The number of carbonyl (C=O) groups excluding carboxylic acids is 1. The number of carboxylic acids is 1. The monoisotopic (exact) mass is 427 g/mol. The number of carbonyl (C=O) groups is 2. The molecule has 1 amide bonds. The molecule has 31 heavy (non-hydrogen) atoms. The fourth-order valence-electron chi connectivity index (χ4n) is 3.25. The van der Waals surface area contributed by atoms with Gasteiger partial charge in [0, 0.05) is 23.6 Å². The highest BCUT2D eigenvalue weighted by Gasteiger charge is 2.22. The number of amidine groups is 1. The summed E-state index contributed by atoms with van der Waals surface area (Å²) in [5.41, 5.74) is 7.83. The molecule has 0 heterocycles. The van der Waals surface area contributed by atoms with Crippen LogP contribution >= 0.6 is 0 Å². The van der Waals surface area contributed by atoms with Crippen molar-refractivity contribution in [1.29, 1.82) is 5.41 Å². The Hall–Kier alpha value is -3.55. The molecule has 0 radical (unpaired) electrons. The molecule has 0 aliphatic heterocycles. The van der Waals surface area contributed by atoms with Crippen LogP contribution in [-0.4, -0.2) is 37.0 Å². The standard InChI is InChI=1S/C23H29N3O5/c1-30-17-11-12-18(20(13-17)31-2)19(14-22(28)29)26-21(27)6-4-3-5-15-7-9-16(10-8-15)23(24)25/h7-13,19H,3-6,14H2,1-2H3,(H3,24,25)(H,26,27)(H,28,29). The van der Waals surface area contributed by atoms with Crippen LogP contribution in [0.25, 0.3) is 0 Å². The van der Waals surface area contributed by atoms with Gasteiger partial charge in [0.15, 0.2) is 0 Å². The van der Waals surface area contributed by atoms with Gasteiger partial charge in [0.05, 0.1) is 26.7 Å². The molecule has 0 saturated heterocycles. The number of benzene rings is 2. The molecule has 8 heteroatoms. The molecule has 2 aromatic rings. The van der Waals surface area contributed by atoms with Crippen LogP contribution in [0.3, 0.4) is 0 Å². The Balaban J connectivity index is 1.92. The van der Waals surface area contributed by atoms with Crippen molar-refractivity contribution in [2.24, 2.45) is 5.73 Å². The van der Waals surface area contributed by atoms with Crippen molar-refractivity contribution in [2.45, 2.75) is 38.1 Å². The maximum atomic E-state index is 12.5. The van der Waals surface area contributed by atoms with Crippen molar-refractivity contribution in [3.8, 4) is 11.5 Å². The zero-order chi connectivity index (χ0) is 22.8. The van der Waals surface area contributed by atoms with Crippen molar-refractivity contribution in [1.82, 2.24) is 5.32 Å². The molecular weight excluding hydrogens is 398 g/mol. The Morgan fingerprint density at radius 3 is 2.39 bits per heavy atom. The van der Waals surface area contributed by atoms with Crippen LogP contribution in [0.15, 0.2) is 42.5 Å². The lowest BCUT2D eigenvalue weighted by Crippen LogP contribution is -2.30. The highest BCUT2D eigenvalue weighted by atomic mass is 16.5. The van der Waals surface area contributed by atoms with Gasteiger partial charge in [-0.25, -0.2) is 0 Å². The summed E-state index contributed by atoms with van der Waals surface area (Å²) in [6.45, 7) is 0. The molecule has 0 aromatic heterocycles. The van der Waals surface area contributed by atoms with Gasteiger partial charge in [-0.05, 0) is 37.0 Å². The van der Waals surface area contributed by atoms with Crippen LogP contribution < -0.4 is 20.5 Å². The predicted octanol–water partition coefficient (Wildman–Crippen LogP) is 3.03. The fraction of sp³-hybridized carbons (Fsp3) is 0.348. The Morgan fingerprint density at radius 1 is 1.10 bits per heavy atom. The van der Waals surface area contributed by atoms with E-state index in [1.165, 1.54) is 14.2 Å². The number of amides is 1. The maximum Gasteiger partial charge on any atom is 0.305 e. The Kier molecular flexibility index (Phi) is 8.87. The van der Waals surface area contributed by atoms with Crippen LogP contribution in [-0.2, 0) is 16.0 Å². The van der Waals surface area contributed by atoms with E-state index in [1.54, 1.807) is 18.2 Å². The molecule has 0 aliphatic carbocycles. The van der Waals surface area contributed by atoms with Gasteiger partial charge in [-0.2, -0.15) is 0 Å². The van der Waals surface area contributed by atoms with Gasteiger partial charge in [-0.15, -0.1) is 0 Å². The van der Waals surface area contributed by atoms with Gasteiger partial charge >= 0.3 is 5.97 Å². The van der Waals surface area contributed by atoms with Gasteiger partial charge in [-0.1, -0.05) is 24.3 Å². The summed E-state index contributed by atoms with van der Waals surface area (Å²) in [5.74, 6) is -0.155. The van der Waals surface area contributed by atoms with E-state index in [9.17, 15) is 14.7 Å². The van der Waals surface area contributed by atoms with E-state index in [-0.39, 0.29) is 18.2 Å². The van der Waals surface area contributed by atoms with E-state index in [2.05, 4.69) is 5.32 Å². The maximum absolute atomic E-state index is 12.5. The first-order valence-electron chi connectivity index (χ1n) is 10.0. The van der Waals surface area contributed by atoms with Crippen molar-refractivity contribution in [3.63, 3.8) is 0 Å². The average molecular weight is 428 g/mol. The summed E-state index contributed by atoms with van der Waals surface area (Å²) < 4.78 is 10.5. The third kappa shape index (κ3) is 7.33. The van der Waals surface area contributed by atoms with E-state index in [0.29, 0.717) is 35.5 Å². The summed E-state index contributed by atoms with van der Waals surface area (Å²) in [5, 5.41) is 19.5. The van der Waals surface area contributed by atoms with E-state index in [4.69, 9.17) is 20.6 Å². The molecule has 5 N–H and O–H groups in total. The van der Waals surface area contributed by atoms with Crippen LogP contribution in [0.1, 0.15) is 48.4 Å². The molecule has 2 aromatic carbocycles. The van der Waals surface area contributed by atoms with Crippen LogP contribution in [0.5, 0.6) is 11.5 Å². The quantitative estimate of drug-likeness (QED) is 0.234. The van der Waals surface area contributed by atoms with E-state index >= 15 is 0 Å². The van der Waals surface area contributed by atoms with E-state index < -0.39 is 12.0 Å². The number of unbranched alkanes of at least 4 members (excludes halogenated alkanes) is 1. The molecule has 166 valence electrons. The SMILES string of the molecule is COc1ccc(C(CC(=O)O)NC(=O)CCCCc2ccc(C(=N)N)cc2)c(OC)c1. The number of aryl methyl sites for hydroxylation is 1. The molecule has 1 atom stereocenters. The molecule has 2 rings (SSSR count). The summed E-state index contributed by atoms with van der Waals surface area (Å²) in [6.07, 6.45) is 2.31. The molecule has 0 fully saturated rings. The number of nitrogen functional groups attached to an aromatic ring is 1. The first-order chi connectivity index (χ1) is 14.8. The topological polar surface area (TPSA) is 135 Å². The molecule has 8 nitrogen and oxygen atoms in total. The number of methoxy groups -OCH3 is 2. The molecule has 1 unspecified atom stereocenters. The zero-order valence-corrected chi connectivity index (χ0v) is 17.8. The third-order valence-corrected chi connectivity index (χ3v) is 4.91. The number of carboxylic acid groups (broad SMARTS) is 1.